The van der Waals surface area contributed by atoms with Gasteiger partial charge >= 0.3 is 0 Å². The van der Waals surface area contributed by atoms with E-state index in [1.54, 1.807) is 12.4 Å². The van der Waals surface area contributed by atoms with Crippen molar-refractivity contribution in [3.05, 3.63) is 42.1 Å². The number of nitrogens with zero attached hydrogens (tertiary/aromatic N) is 5. The van der Waals surface area contributed by atoms with Crippen LogP contribution >= 0.6 is 0 Å². The molecular weight excluding hydrogens is 340 g/mol. The van der Waals surface area contributed by atoms with E-state index >= 15 is 0 Å². The molecule has 2 aliphatic rings. The Balaban J connectivity index is 1.51. The number of rotatable bonds is 3. The molecule has 2 fully saturated rings. The van der Waals surface area contributed by atoms with Crippen LogP contribution in [0.2, 0.25) is 0 Å². The molecule has 0 aromatic carbocycles. The van der Waals surface area contributed by atoms with Gasteiger partial charge in [0.15, 0.2) is 0 Å². The summed E-state index contributed by atoms with van der Waals surface area (Å²) in [7, 11) is 1.97. The van der Waals surface area contributed by atoms with Crippen molar-refractivity contribution in [2.75, 3.05) is 37.6 Å². The fraction of sp³-hybridized carbons (Fsp3) is 0.550. The van der Waals surface area contributed by atoms with Crippen molar-refractivity contribution < 1.29 is 4.79 Å². The van der Waals surface area contributed by atoms with Crippen LogP contribution in [-0.2, 0) is 7.05 Å². The lowest BCUT2D eigenvalue weighted by Crippen LogP contribution is -2.49. The van der Waals surface area contributed by atoms with Crippen molar-refractivity contribution in [3.8, 4) is 0 Å². The summed E-state index contributed by atoms with van der Waals surface area (Å²) < 4.78 is 1.98. The Kier molecular flexibility index (Phi) is 5.38. The van der Waals surface area contributed by atoms with Crippen LogP contribution in [0.15, 0.2) is 30.7 Å². The summed E-state index contributed by atoms with van der Waals surface area (Å²) in [4.78, 5) is 26.5. The number of hydrogen-bond acceptors (Lipinski definition) is 5. The van der Waals surface area contributed by atoms with Gasteiger partial charge < -0.3 is 19.7 Å². The van der Waals surface area contributed by atoms with Gasteiger partial charge in [-0.2, -0.15) is 0 Å². The summed E-state index contributed by atoms with van der Waals surface area (Å²) in [5, 5.41) is 3.38. The standard InChI is InChI=1S/C20H28N6O/c1-24-12-9-22-19(24)17-15-21-8-13-26(17)20(27)16-6-7-18(23-14-16)25-10-4-2-3-5-11-25/h6-7,9,12,14,17,21H,2-5,8,10-11,13,15H2,1H3. The molecule has 7 nitrogen and oxygen atoms in total. The van der Waals surface area contributed by atoms with Crippen molar-refractivity contribution >= 4 is 11.7 Å². The van der Waals surface area contributed by atoms with Gasteiger partial charge in [0.05, 0.1) is 5.56 Å². The number of anilines is 1. The van der Waals surface area contributed by atoms with E-state index in [0.29, 0.717) is 12.1 Å². The lowest BCUT2D eigenvalue weighted by molar-refractivity contribution is 0.0620. The number of amides is 1. The number of nitrogens with one attached hydrogen (secondary N) is 1. The number of hydrogen-bond donors (Lipinski definition) is 1. The van der Waals surface area contributed by atoms with Gasteiger partial charge in [-0.05, 0) is 25.0 Å². The Morgan fingerprint density at radius 3 is 2.59 bits per heavy atom. The molecule has 1 amide bonds. The van der Waals surface area contributed by atoms with Crippen molar-refractivity contribution in [1.82, 2.24) is 24.8 Å². The fourth-order valence-corrected chi connectivity index (χ4v) is 4.04. The van der Waals surface area contributed by atoms with Crippen molar-refractivity contribution in [1.29, 1.82) is 0 Å². The number of piperazine rings is 1. The topological polar surface area (TPSA) is 66.3 Å². The maximum atomic E-state index is 13.2. The second-order valence-electron chi connectivity index (χ2n) is 7.42. The van der Waals surface area contributed by atoms with Gasteiger partial charge in [0, 0.05) is 58.4 Å². The summed E-state index contributed by atoms with van der Waals surface area (Å²) in [5.41, 5.74) is 0.648. The molecule has 1 unspecified atom stereocenters. The zero-order chi connectivity index (χ0) is 18.6. The normalized spacial score (nSPS) is 21.1. The van der Waals surface area contributed by atoms with Crippen LogP contribution in [0.25, 0.3) is 0 Å². The Bertz CT molecular complexity index is 763. The third kappa shape index (κ3) is 3.83. The van der Waals surface area contributed by atoms with Crippen LogP contribution in [-0.4, -0.2) is 58.1 Å². The Labute approximate surface area is 160 Å². The van der Waals surface area contributed by atoms with Crippen LogP contribution < -0.4 is 10.2 Å². The first-order valence-corrected chi connectivity index (χ1v) is 9.94. The molecule has 1 atom stereocenters. The van der Waals surface area contributed by atoms with Crippen molar-refractivity contribution in [2.24, 2.45) is 7.05 Å². The van der Waals surface area contributed by atoms with E-state index in [0.717, 1.165) is 37.8 Å². The number of carbonyl (C=O) groups excluding carboxylic acids is 1. The highest BCUT2D eigenvalue weighted by atomic mass is 16.2. The number of aromatic nitrogens is 3. The van der Waals surface area contributed by atoms with E-state index in [1.165, 1.54) is 25.7 Å². The number of aryl methyl sites for hydroxylation is 1. The second kappa shape index (κ2) is 8.08. The molecule has 0 spiro atoms. The summed E-state index contributed by atoms with van der Waals surface area (Å²) in [5.74, 6) is 1.92. The zero-order valence-electron chi connectivity index (χ0n) is 16.0. The third-order valence-electron chi connectivity index (χ3n) is 5.59. The molecule has 2 aromatic heterocycles. The monoisotopic (exact) mass is 368 g/mol. The molecule has 144 valence electrons. The van der Waals surface area contributed by atoms with Crippen molar-refractivity contribution in [2.45, 2.75) is 31.7 Å². The average Bonchev–Trinajstić information content (AvgIpc) is 2.96. The molecular formula is C20H28N6O. The SMILES string of the molecule is Cn1ccnc1C1CNCCN1C(=O)c1ccc(N2CCCCCC2)nc1. The van der Waals surface area contributed by atoms with Gasteiger partial charge in [0.1, 0.15) is 17.7 Å². The number of pyridine rings is 1. The van der Waals surface area contributed by atoms with Gasteiger partial charge in [0.25, 0.3) is 5.91 Å². The first-order chi connectivity index (χ1) is 13.2. The summed E-state index contributed by atoms with van der Waals surface area (Å²) in [6, 6.07) is 3.86. The van der Waals surface area contributed by atoms with Crippen LogP contribution in [0, 0.1) is 0 Å². The molecule has 0 aliphatic carbocycles. The molecule has 2 aliphatic heterocycles. The maximum Gasteiger partial charge on any atom is 0.256 e. The molecule has 2 aromatic rings. The minimum atomic E-state index is -0.0588. The van der Waals surface area contributed by atoms with Crippen molar-refractivity contribution in [3.63, 3.8) is 0 Å². The van der Waals surface area contributed by atoms with Crippen LogP contribution in [0.5, 0.6) is 0 Å². The van der Waals surface area contributed by atoms with Crippen LogP contribution in [0.3, 0.4) is 0 Å². The Hall–Kier alpha value is -2.41. The molecule has 0 bridgehead atoms. The number of carbonyl (C=O) groups is 1. The summed E-state index contributed by atoms with van der Waals surface area (Å²) in [6.45, 7) is 4.30. The molecule has 1 N–H and O–H groups in total. The van der Waals surface area contributed by atoms with E-state index in [9.17, 15) is 4.79 Å². The first kappa shape index (κ1) is 18.0. The largest absolute Gasteiger partial charge is 0.357 e. The van der Waals surface area contributed by atoms with Gasteiger partial charge in [-0.1, -0.05) is 12.8 Å². The van der Waals surface area contributed by atoms with Crippen LogP contribution in [0.4, 0.5) is 5.82 Å². The van der Waals surface area contributed by atoms with Gasteiger partial charge in [-0.25, -0.2) is 9.97 Å². The summed E-state index contributed by atoms with van der Waals surface area (Å²) >= 11 is 0. The molecule has 7 heteroatoms. The van der Waals surface area contributed by atoms with Gasteiger partial charge in [0.2, 0.25) is 0 Å². The fourth-order valence-electron chi connectivity index (χ4n) is 4.04. The highest BCUT2D eigenvalue weighted by molar-refractivity contribution is 5.94. The molecule has 2 saturated heterocycles. The highest BCUT2D eigenvalue weighted by Gasteiger charge is 2.31. The smallest absolute Gasteiger partial charge is 0.256 e. The molecule has 4 rings (SSSR count). The Morgan fingerprint density at radius 2 is 1.93 bits per heavy atom. The van der Waals surface area contributed by atoms with E-state index in [1.807, 2.05) is 34.8 Å². The summed E-state index contributed by atoms with van der Waals surface area (Å²) in [6.07, 6.45) is 10.5. The maximum absolute atomic E-state index is 13.2. The highest BCUT2D eigenvalue weighted by Crippen LogP contribution is 2.23. The molecule has 27 heavy (non-hydrogen) atoms. The molecule has 0 saturated carbocycles. The van der Waals surface area contributed by atoms with Gasteiger partial charge in [-0.15, -0.1) is 0 Å². The van der Waals surface area contributed by atoms with E-state index in [-0.39, 0.29) is 11.9 Å². The predicted octanol–water partition coefficient (Wildman–Crippen LogP) is 1.98. The zero-order valence-corrected chi connectivity index (χ0v) is 16.0. The molecule has 4 heterocycles. The minimum Gasteiger partial charge on any atom is -0.357 e. The number of imidazole rings is 1. The average molecular weight is 368 g/mol. The lowest BCUT2D eigenvalue weighted by Gasteiger charge is -2.35. The minimum absolute atomic E-state index is 0.0272. The van der Waals surface area contributed by atoms with Gasteiger partial charge in [-0.3, -0.25) is 4.79 Å². The first-order valence-electron chi connectivity index (χ1n) is 9.94. The lowest BCUT2D eigenvalue weighted by atomic mass is 10.1. The predicted molar refractivity (Wildman–Crippen MR) is 105 cm³/mol. The molecule has 0 radical (unpaired) electrons. The second-order valence-corrected chi connectivity index (χ2v) is 7.42. The quantitative estimate of drug-likeness (QED) is 0.897. The van der Waals surface area contributed by atoms with Crippen LogP contribution in [0.1, 0.15) is 47.9 Å². The Morgan fingerprint density at radius 1 is 1.11 bits per heavy atom. The van der Waals surface area contributed by atoms with E-state index in [4.69, 9.17) is 0 Å². The van der Waals surface area contributed by atoms with E-state index < -0.39 is 0 Å². The van der Waals surface area contributed by atoms with E-state index in [2.05, 4.69) is 20.2 Å². The third-order valence-corrected chi connectivity index (χ3v) is 5.59.